The molecule has 0 aliphatic rings. The third-order valence-corrected chi connectivity index (χ3v) is 4.93. The molecular weight excluding hydrogens is 308 g/mol. The number of carbonyl (C=O) groups is 1. The Morgan fingerprint density at radius 3 is 2.26 bits per heavy atom. The van der Waals surface area contributed by atoms with Crippen molar-refractivity contribution >= 4 is 21.3 Å². The Morgan fingerprint density at radius 1 is 1.13 bits per heavy atom. The predicted octanol–water partition coefficient (Wildman–Crippen LogP) is 3.89. The number of nitrogens with one attached hydrogen (secondary N) is 2. The fourth-order valence-corrected chi connectivity index (χ4v) is 3.13. The minimum absolute atomic E-state index is 0.0746. The van der Waals surface area contributed by atoms with Gasteiger partial charge in [-0.3, -0.25) is 4.79 Å². The van der Waals surface area contributed by atoms with Crippen LogP contribution in [0.15, 0.2) is 41.3 Å². The third kappa shape index (κ3) is 4.42. The SMILES string of the molecule is CC(=O)Nc1cc(C)c(Cc2ccc(S(C)(=N)=O)cc2)cc1C. The van der Waals surface area contributed by atoms with E-state index in [1.54, 1.807) is 12.1 Å². The third-order valence-electron chi connectivity index (χ3n) is 3.76. The molecule has 0 aliphatic heterocycles. The van der Waals surface area contributed by atoms with E-state index in [9.17, 15) is 9.00 Å². The standard InChI is InChI=1S/C18H22N2O2S/c1-12-10-18(20-14(3)21)13(2)9-16(12)11-15-5-7-17(8-6-15)23(4,19)22/h5-10,19H,11H2,1-4H3,(H,20,21). The minimum Gasteiger partial charge on any atom is -0.326 e. The van der Waals surface area contributed by atoms with Crippen molar-refractivity contribution in [2.45, 2.75) is 32.1 Å². The summed E-state index contributed by atoms with van der Waals surface area (Å²) in [6.45, 7) is 5.50. The molecule has 4 nitrogen and oxygen atoms in total. The molecule has 0 bridgehead atoms. The van der Waals surface area contributed by atoms with Crippen LogP contribution in [0.3, 0.4) is 0 Å². The van der Waals surface area contributed by atoms with Gasteiger partial charge in [0, 0.05) is 23.8 Å². The number of rotatable bonds is 4. The highest BCUT2D eigenvalue weighted by atomic mass is 32.2. The molecule has 0 aromatic heterocycles. The van der Waals surface area contributed by atoms with Gasteiger partial charge in [-0.05, 0) is 60.7 Å². The Balaban J connectivity index is 2.26. The Hall–Kier alpha value is -2.14. The largest absolute Gasteiger partial charge is 0.326 e. The van der Waals surface area contributed by atoms with Gasteiger partial charge in [0.15, 0.2) is 0 Å². The van der Waals surface area contributed by atoms with Crippen molar-refractivity contribution in [3.8, 4) is 0 Å². The van der Waals surface area contributed by atoms with Crippen LogP contribution in [0.2, 0.25) is 0 Å². The fourth-order valence-electron chi connectivity index (χ4n) is 2.48. The summed E-state index contributed by atoms with van der Waals surface area (Å²) in [4.78, 5) is 11.8. The maximum Gasteiger partial charge on any atom is 0.221 e. The molecule has 0 saturated heterocycles. The molecule has 2 N–H and O–H groups in total. The van der Waals surface area contributed by atoms with Crippen molar-refractivity contribution in [3.63, 3.8) is 0 Å². The zero-order valence-electron chi connectivity index (χ0n) is 13.9. The van der Waals surface area contributed by atoms with E-state index >= 15 is 0 Å². The molecule has 0 fully saturated rings. The smallest absolute Gasteiger partial charge is 0.221 e. The lowest BCUT2D eigenvalue weighted by Crippen LogP contribution is -2.08. The summed E-state index contributed by atoms with van der Waals surface area (Å²) < 4.78 is 19.3. The van der Waals surface area contributed by atoms with Gasteiger partial charge in [0.1, 0.15) is 0 Å². The summed E-state index contributed by atoms with van der Waals surface area (Å²) in [5.41, 5.74) is 5.28. The lowest BCUT2D eigenvalue weighted by Gasteiger charge is -2.13. The Morgan fingerprint density at radius 2 is 1.74 bits per heavy atom. The highest BCUT2D eigenvalue weighted by molar-refractivity contribution is 7.91. The summed E-state index contributed by atoms with van der Waals surface area (Å²) in [6.07, 6.45) is 2.19. The highest BCUT2D eigenvalue weighted by Gasteiger charge is 2.08. The number of anilines is 1. The van der Waals surface area contributed by atoms with Gasteiger partial charge in [-0.15, -0.1) is 0 Å². The number of benzene rings is 2. The molecule has 5 heteroatoms. The van der Waals surface area contributed by atoms with Crippen molar-refractivity contribution in [3.05, 3.63) is 58.7 Å². The van der Waals surface area contributed by atoms with Crippen LogP contribution in [0.1, 0.15) is 29.2 Å². The quantitative estimate of drug-likeness (QED) is 0.893. The molecular formula is C18H22N2O2S. The second-order valence-corrected chi connectivity index (χ2v) is 8.10. The summed E-state index contributed by atoms with van der Waals surface area (Å²) in [5, 5.41) is 2.84. The number of amides is 1. The number of carbonyl (C=O) groups excluding carboxylic acids is 1. The maximum absolute atomic E-state index is 11.7. The lowest BCUT2D eigenvalue weighted by molar-refractivity contribution is -0.114. The van der Waals surface area contributed by atoms with Crippen LogP contribution in [-0.2, 0) is 20.9 Å². The van der Waals surface area contributed by atoms with Crippen molar-refractivity contribution in [1.82, 2.24) is 0 Å². The molecule has 0 radical (unpaired) electrons. The number of hydrogen-bond acceptors (Lipinski definition) is 3. The van der Waals surface area contributed by atoms with Crippen LogP contribution in [0.5, 0.6) is 0 Å². The average molecular weight is 330 g/mol. The van der Waals surface area contributed by atoms with Crippen LogP contribution in [0, 0.1) is 18.6 Å². The molecule has 2 aromatic carbocycles. The van der Waals surface area contributed by atoms with Crippen molar-refractivity contribution in [2.24, 2.45) is 0 Å². The van der Waals surface area contributed by atoms with Crippen LogP contribution in [-0.4, -0.2) is 16.4 Å². The zero-order chi connectivity index (χ0) is 17.2. The number of aryl methyl sites for hydroxylation is 2. The van der Waals surface area contributed by atoms with Crippen LogP contribution in [0.4, 0.5) is 5.69 Å². The summed E-state index contributed by atoms with van der Waals surface area (Å²) in [7, 11) is -2.66. The first-order valence-corrected chi connectivity index (χ1v) is 9.34. The maximum atomic E-state index is 11.7. The van der Waals surface area contributed by atoms with E-state index in [2.05, 4.69) is 11.4 Å². The number of hydrogen-bond donors (Lipinski definition) is 2. The average Bonchev–Trinajstić information content (AvgIpc) is 2.43. The zero-order valence-corrected chi connectivity index (χ0v) is 14.7. The van der Waals surface area contributed by atoms with Crippen molar-refractivity contribution in [1.29, 1.82) is 4.78 Å². The highest BCUT2D eigenvalue weighted by Crippen LogP contribution is 2.23. The van der Waals surface area contributed by atoms with Gasteiger partial charge in [-0.2, -0.15) is 0 Å². The van der Waals surface area contributed by atoms with Crippen molar-refractivity contribution < 1.29 is 9.00 Å². The van der Waals surface area contributed by atoms with E-state index < -0.39 is 9.73 Å². The first-order chi connectivity index (χ1) is 10.7. The molecule has 23 heavy (non-hydrogen) atoms. The molecule has 0 aliphatic carbocycles. The lowest BCUT2D eigenvalue weighted by atomic mass is 9.97. The topological polar surface area (TPSA) is 70.0 Å². The van der Waals surface area contributed by atoms with E-state index in [-0.39, 0.29) is 5.91 Å². The van der Waals surface area contributed by atoms with E-state index in [1.807, 2.05) is 32.0 Å². The molecule has 0 saturated carbocycles. The first-order valence-electron chi connectivity index (χ1n) is 7.37. The van der Waals surface area contributed by atoms with E-state index in [1.165, 1.54) is 18.7 Å². The summed E-state index contributed by atoms with van der Waals surface area (Å²) in [5.74, 6) is -0.0746. The Bertz CT molecular complexity index is 838. The van der Waals surface area contributed by atoms with E-state index in [0.29, 0.717) is 4.90 Å². The van der Waals surface area contributed by atoms with Gasteiger partial charge in [0.05, 0.1) is 9.73 Å². The molecule has 2 aromatic rings. The van der Waals surface area contributed by atoms with E-state index in [0.717, 1.165) is 28.8 Å². The second kappa shape index (κ2) is 6.54. The summed E-state index contributed by atoms with van der Waals surface area (Å²) in [6, 6.07) is 11.4. The van der Waals surface area contributed by atoms with Crippen LogP contribution in [0.25, 0.3) is 0 Å². The van der Waals surface area contributed by atoms with E-state index in [4.69, 9.17) is 4.78 Å². The van der Waals surface area contributed by atoms with Gasteiger partial charge in [-0.1, -0.05) is 18.2 Å². The van der Waals surface area contributed by atoms with Gasteiger partial charge in [0.2, 0.25) is 5.91 Å². The molecule has 0 heterocycles. The molecule has 0 spiro atoms. The molecule has 1 amide bonds. The summed E-state index contributed by atoms with van der Waals surface area (Å²) >= 11 is 0. The van der Waals surface area contributed by atoms with Gasteiger partial charge in [0.25, 0.3) is 0 Å². The predicted molar refractivity (Wildman–Crippen MR) is 94.5 cm³/mol. The molecule has 1 unspecified atom stereocenters. The first kappa shape index (κ1) is 17.2. The molecule has 122 valence electrons. The molecule has 2 rings (SSSR count). The normalized spacial score (nSPS) is 13.4. The van der Waals surface area contributed by atoms with Gasteiger partial charge < -0.3 is 5.32 Å². The Kier molecular flexibility index (Phi) is 4.90. The molecule has 1 atom stereocenters. The fraction of sp³-hybridized carbons (Fsp3) is 0.278. The van der Waals surface area contributed by atoms with Crippen LogP contribution < -0.4 is 5.32 Å². The van der Waals surface area contributed by atoms with Gasteiger partial charge >= 0.3 is 0 Å². The second-order valence-electron chi connectivity index (χ2n) is 5.94. The Labute approximate surface area is 137 Å². The minimum atomic E-state index is -2.66. The monoisotopic (exact) mass is 330 g/mol. The van der Waals surface area contributed by atoms with Gasteiger partial charge in [-0.25, -0.2) is 8.99 Å². The van der Waals surface area contributed by atoms with Crippen molar-refractivity contribution in [2.75, 3.05) is 11.6 Å². The van der Waals surface area contributed by atoms with Crippen LogP contribution >= 0.6 is 0 Å².